The standard InChI is InChI=1S/C21H30N4O3/c26-19(24-18-5-2-1-3-6-18)14-23-21(28)22-13-16-8-10-17(11-9-16)15-25-12-4-7-20(25)27/h8-11,18H,1-7,12-15H2,(H,24,26)(H2,22,23,28). The summed E-state index contributed by atoms with van der Waals surface area (Å²) >= 11 is 0. The Balaban J connectivity index is 1.33. The average molecular weight is 386 g/mol. The van der Waals surface area contributed by atoms with E-state index in [1.807, 2.05) is 29.2 Å². The number of nitrogens with zero attached hydrogens (tertiary/aromatic N) is 1. The van der Waals surface area contributed by atoms with Crippen molar-refractivity contribution < 1.29 is 14.4 Å². The molecule has 152 valence electrons. The molecule has 7 heteroatoms. The fourth-order valence-corrected chi connectivity index (χ4v) is 3.79. The maximum absolute atomic E-state index is 11.9. The number of hydrogen-bond acceptors (Lipinski definition) is 3. The molecule has 0 radical (unpaired) electrons. The Morgan fingerprint density at radius 1 is 0.964 bits per heavy atom. The lowest BCUT2D eigenvalue weighted by atomic mass is 9.95. The molecule has 28 heavy (non-hydrogen) atoms. The van der Waals surface area contributed by atoms with E-state index in [9.17, 15) is 14.4 Å². The smallest absolute Gasteiger partial charge is 0.315 e. The zero-order valence-corrected chi connectivity index (χ0v) is 16.3. The number of likely N-dealkylation sites (tertiary alicyclic amines) is 1. The van der Waals surface area contributed by atoms with Gasteiger partial charge in [0.05, 0.1) is 6.54 Å². The zero-order chi connectivity index (χ0) is 19.8. The highest BCUT2D eigenvalue weighted by molar-refractivity contribution is 5.84. The summed E-state index contributed by atoms with van der Waals surface area (Å²) in [5.74, 6) is 0.0813. The van der Waals surface area contributed by atoms with Gasteiger partial charge >= 0.3 is 6.03 Å². The molecule has 1 saturated carbocycles. The van der Waals surface area contributed by atoms with E-state index in [-0.39, 0.29) is 30.4 Å². The quantitative estimate of drug-likeness (QED) is 0.670. The van der Waals surface area contributed by atoms with E-state index < -0.39 is 0 Å². The Morgan fingerprint density at radius 3 is 2.36 bits per heavy atom. The van der Waals surface area contributed by atoms with Gasteiger partial charge in [0.1, 0.15) is 0 Å². The minimum absolute atomic E-state index is 0.00880. The van der Waals surface area contributed by atoms with Gasteiger partial charge in [-0.2, -0.15) is 0 Å². The molecule has 0 bridgehead atoms. The minimum Gasteiger partial charge on any atom is -0.352 e. The molecule has 7 nitrogen and oxygen atoms in total. The molecule has 1 aromatic rings. The maximum Gasteiger partial charge on any atom is 0.315 e. The predicted molar refractivity (Wildman–Crippen MR) is 106 cm³/mol. The molecule has 1 aromatic carbocycles. The Morgan fingerprint density at radius 2 is 1.68 bits per heavy atom. The van der Waals surface area contributed by atoms with Crippen LogP contribution in [0, 0.1) is 0 Å². The Kier molecular flexibility index (Phi) is 7.28. The van der Waals surface area contributed by atoms with E-state index in [1.54, 1.807) is 0 Å². The molecular weight excluding hydrogens is 356 g/mol. The van der Waals surface area contributed by atoms with Gasteiger partial charge in [-0.1, -0.05) is 43.5 Å². The molecule has 0 spiro atoms. The third-order valence-electron chi connectivity index (χ3n) is 5.40. The molecule has 0 aromatic heterocycles. The monoisotopic (exact) mass is 386 g/mol. The van der Waals surface area contributed by atoms with Crippen molar-refractivity contribution in [3.05, 3.63) is 35.4 Å². The second kappa shape index (κ2) is 10.1. The van der Waals surface area contributed by atoms with Gasteiger partial charge in [-0.3, -0.25) is 9.59 Å². The van der Waals surface area contributed by atoms with E-state index >= 15 is 0 Å². The first-order valence-corrected chi connectivity index (χ1v) is 10.3. The van der Waals surface area contributed by atoms with Gasteiger partial charge in [0, 0.05) is 32.1 Å². The predicted octanol–water partition coefficient (Wildman–Crippen LogP) is 2.06. The molecule has 1 saturated heterocycles. The van der Waals surface area contributed by atoms with Gasteiger partial charge in [-0.05, 0) is 30.4 Å². The molecule has 3 rings (SSSR count). The molecule has 2 aliphatic rings. The normalized spacial score (nSPS) is 17.4. The van der Waals surface area contributed by atoms with E-state index in [0.29, 0.717) is 19.5 Å². The Bertz CT molecular complexity index is 683. The second-order valence-corrected chi connectivity index (χ2v) is 7.67. The van der Waals surface area contributed by atoms with E-state index in [1.165, 1.54) is 6.42 Å². The van der Waals surface area contributed by atoms with Crippen LogP contribution >= 0.6 is 0 Å². The number of hydrogen-bond donors (Lipinski definition) is 3. The third kappa shape index (κ3) is 6.25. The van der Waals surface area contributed by atoms with E-state index in [2.05, 4.69) is 16.0 Å². The Hall–Kier alpha value is -2.57. The van der Waals surface area contributed by atoms with Gasteiger partial charge in [0.15, 0.2) is 0 Å². The van der Waals surface area contributed by atoms with Crippen molar-refractivity contribution in [2.24, 2.45) is 0 Å². The minimum atomic E-state index is -0.356. The molecule has 3 N–H and O–H groups in total. The summed E-state index contributed by atoms with van der Waals surface area (Å²) in [6, 6.07) is 7.76. The number of carbonyl (C=O) groups is 3. The molecule has 2 fully saturated rings. The first-order chi connectivity index (χ1) is 13.6. The number of benzene rings is 1. The van der Waals surface area contributed by atoms with E-state index in [0.717, 1.165) is 49.8 Å². The van der Waals surface area contributed by atoms with Crippen LogP contribution in [0.4, 0.5) is 4.79 Å². The lowest BCUT2D eigenvalue weighted by Crippen LogP contribution is -2.45. The first-order valence-electron chi connectivity index (χ1n) is 10.3. The maximum atomic E-state index is 11.9. The highest BCUT2D eigenvalue weighted by atomic mass is 16.2. The number of urea groups is 1. The number of nitrogens with one attached hydrogen (secondary N) is 3. The number of carbonyl (C=O) groups excluding carboxylic acids is 3. The summed E-state index contributed by atoms with van der Waals surface area (Å²) in [7, 11) is 0. The highest BCUT2D eigenvalue weighted by Gasteiger charge is 2.20. The van der Waals surface area contributed by atoms with Crippen molar-refractivity contribution in [3.63, 3.8) is 0 Å². The fraction of sp³-hybridized carbons (Fsp3) is 0.571. The van der Waals surface area contributed by atoms with Crippen molar-refractivity contribution in [2.75, 3.05) is 13.1 Å². The summed E-state index contributed by atoms with van der Waals surface area (Å²) in [6.07, 6.45) is 7.20. The number of amides is 4. The van der Waals surface area contributed by atoms with Crippen LogP contribution in [0.15, 0.2) is 24.3 Å². The SMILES string of the molecule is O=C(CNC(=O)NCc1ccc(CN2CCCC2=O)cc1)NC1CCCCC1. The van der Waals surface area contributed by atoms with Crippen LogP contribution < -0.4 is 16.0 Å². The van der Waals surface area contributed by atoms with Gasteiger partial charge in [-0.25, -0.2) is 4.79 Å². The van der Waals surface area contributed by atoms with Crippen molar-refractivity contribution in [2.45, 2.75) is 64.1 Å². The second-order valence-electron chi connectivity index (χ2n) is 7.67. The van der Waals surface area contributed by atoms with Gasteiger partial charge in [0.25, 0.3) is 0 Å². The van der Waals surface area contributed by atoms with Gasteiger partial charge in [0.2, 0.25) is 11.8 Å². The molecular formula is C21H30N4O3. The van der Waals surface area contributed by atoms with Crippen LogP contribution in [0.2, 0.25) is 0 Å². The highest BCUT2D eigenvalue weighted by Crippen LogP contribution is 2.17. The van der Waals surface area contributed by atoms with Crippen molar-refractivity contribution in [3.8, 4) is 0 Å². The average Bonchev–Trinajstić information content (AvgIpc) is 3.11. The summed E-state index contributed by atoms with van der Waals surface area (Å²) in [6.45, 7) is 1.85. The third-order valence-corrected chi connectivity index (χ3v) is 5.40. The van der Waals surface area contributed by atoms with Crippen LogP contribution in [-0.4, -0.2) is 41.9 Å². The van der Waals surface area contributed by atoms with Crippen molar-refractivity contribution in [1.82, 2.24) is 20.9 Å². The van der Waals surface area contributed by atoms with Crippen LogP contribution in [0.25, 0.3) is 0 Å². The van der Waals surface area contributed by atoms with Crippen LogP contribution in [-0.2, 0) is 22.7 Å². The lowest BCUT2D eigenvalue weighted by molar-refractivity contribution is -0.128. The number of rotatable bonds is 7. The lowest BCUT2D eigenvalue weighted by Gasteiger charge is -2.22. The first kappa shape index (κ1) is 20.2. The molecule has 1 aliphatic heterocycles. The Labute approximate surface area is 166 Å². The molecule has 0 unspecified atom stereocenters. The summed E-state index contributed by atoms with van der Waals surface area (Å²) in [4.78, 5) is 37.4. The molecule has 4 amide bonds. The van der Waals surface area contributed by atoms with Crippen LogP contribution in [0.1, 0.15) is 56.1 Å². The topological polar surface area (TPSA) is 90.5 Å². The molecule has 0 atom stereocenters. The largest absolute Gasteiger partial charge is 0.352 e. The van der Waals surface area contributed by atoms with Crippen LogP contribution in [0.5, 0.6) is 0 Å². The zero-order valence-electron chi connectivity index (χ0n) is 16.3. The molecule has 1 aliphatic carbocycles. The summed E-state index contributed by atoms with van der Waals surface area (Å²) in [5.41, 5.74) is 2.06. The summed E-state index contributed by atoms with van der Waals surface area (Å²) < 4.78 is 0. The summed E-state index contributed by atoms with van der Waals surface area (Å²) in [5, 5.41) is 8.34. The molecule has 1 heterocycles. The van der Waals surface area contributed by atoms with Crippen molar-refractivity contribution in [1.29, 1.82) is 0 Å². The van der Waals surface area contributed by atoms with Crippen LogP contribution in [0.3, 0.4) is 0 Å². The fourth-order valence-electron chi connectivity index (χ4n) is 3.79. The van der Waals surface area contributed by atoms with Gasteiger partial charge in [-0.15, -0.1) is 0 Å². The van der Waals surface area contributed by atoms with E-state index in [4.69, 9.17) is 0 Å². The van der Waals surface area contributed by atoms with Gasteiger partial charge < -0.3 is 20.9 Å². The van der Waals surface area contributed by atoms with Crippen molar-refractivity contribution >= 4 is 17.8 Å².